The second-order valence-corrected chi connectivity index (χ2v) is 7.25. The van der Waals surface area contributed by atoms with Gasteiger partial charge in [-0.2, -0.15) is 10.4 Å². The van der Waals surface area contributed by atoms with Crippen LogP contribution in [0.15, 0.2) is 36.7 Å². The monoisotopic (exact) mass is 398 g/mol. The molecular formula is C20H17BN7O2. The molecule has 1 atom stereocenters. The van der Waals surface area contributed by atoms with Crippen molar-refractivity contribution in [2.75, 3.05) is 16.7 Å². The van der Waals surface area contributed by atoms with Crippen molar-refractivity contribution in [3.05, 3.63) is 47.8 Å². The molecule has 2 aromatic heterocycles. The van der Waals surface area contributed by atoms with Gasteiger partial charge in [-0.25, -0.2) is 9.97 Å². The number of nitrogens with zero attached hydrogens (tertiary/aromatic N) is 6. The van der Waals surface area contributed by atoms with Crippen molar-refractivity contribution in [1.29, 1.82) is 5.26 Å². The molecule has 30 heavy (non-hydrogen) atoms. The third-order valence-electron chi connectivity index (χ3n) is 5.04. The van der Waals surface area contributed by atoms with Crippen molar-refractivity contribution < 1.29 is 9.59 Å². The van der Waals surface area contributed by atoms with Gasteiger partial charge in [0.25, 0.3) is 0 Å². The van der Waals surface area contributed by atoms with E-state index in [1.165, 1.54) is 7.41 Å². The van der Waals surface area contributed by atoms with Gasteiger partial charge in [-0.1, -0.05) is 0 Å². The highest BCUT2D eigenvalue weighted by Crippen LogP contribution is 2.43. The number of carbonyl (C=O) groups excluding carboxylic acids is 2. The van der Waals surface area contributed by atoms with Crippen molar-refractivity contribution in [2.45, 2.75) is 12.3 Å². The lowest BCUT2D eigenvalue weighted by molar-refractivity contribution is -0.111. The van der Waals surface area contributed by atoms with Gasteiger partial charge in [0.05, 0.1) is 16.7 Å². The first-order valence-electron chi connectivity index (χ1n) is 9.18. The molecule has 1 aromatic carbocycles. The number of hydrogen-bond donors (Lipinski definition) is 1. The van der Waals surface area contributed by atoms with Crippen LogP contribution < -0.4 is 10.1 Å². The van der Waals surface area contributed by atoms with Crippen molar-refractivity contribution in [2.24, 2.45) is 7.05 Å². The van der Waals surface area contributed by atoms with E-state index in [1.54, 1.807) is 47.0 Å². The van der Waals surface area contributed by atoms with Gasteiger partial charge in [0.15, 0.2) is 5.82 Å². The van der Waals surface area contributed by atoms with E-state index < -0.39 is 5.41 Å². The Morgan fingerprint density at radius 3 is 2.83 bits per heavy atom. The summed E-state index contributed by atoms with van der Waals surface area (Å²) in [5.41, 5.74) is 2.04. The normalized spacial score (nSPS) is 17.2. The van der Waals surface area contributed by atoms with E-state index in [1.807, 2.05) is 13.1 Å². The van der Waals surface area contributed by atoms with E-state index in [0.717, 1.165) is 6.29 Å². The van der Waals surface area contributed by atoms with Crippen LogP contribution in [0.25, 0.3) is 11.3 Å². The summed E-state index contributed by atoms with van der Waals surface area (Å²) in [4.78, 5) is 33.3. The molecular weight excluding hydrogens is 381 g/mol. The van der Waals surface area contributed by atoms with Crippen LogP contribution in [0.5, 0.6) is 0 Å². The quantitative estimate of drug-likeness (QED) is 0.491. The molecule has 1 radical (unpaired) electrons. The molecule has 4 rings (SSSR count). The predicted octanol–water partition coefficient (Wildman–Crippen LogP) is 1.58. The first-order valence-corrected chi connectivity index (χ1v) is 9.18. The average molecular weight is 398 g/mol. The minimum absolute atomic E-state index is 0.291. The number of benzene rings is 1. The third-order valence-corrected chi connectivity index (χ3v) is 5.04. The molecule has 3 aromatic rings. The Balaban J connectivity index is 1.79. The zero-order chi connectivity index (χ0) is 21.3. The van der Waals surface area contributed by atoms with E-state index >= 15 is 0 Å². The second kappa shape index (κ2) is 7.44. The molecule has 3 heterocycles. The highest BCUT2D eigenvalue weighted by molar-refractivity contribution is 6.70. The molecule has 147 valence electrons. The summed E-state index contributed by atoms with van der Waals surface area (Å²) in [6, 6.07) is 9.25. The van der Waals surface area contributed by atoms with Crippen molar-refractivity contribution in [1.82, 2.24) is 19.7 Å². The molecule has 9 nitrogen and oxygen atoms in total. The summed E-state index contributed by atoms with van der Waals surface area (Å²) in [6.45, 7) is 2.08. The van der Waals surface area contributed by atoms with Crippen LogP contribution in [0.2, 0.25) is 0 Å². The maximum Gasteiger partial charge on any atom is 0.329 e. The number of aldehydes is 1. The van der Waals surface area contributed by atoms with Gasteiger partial charge in [-0.3, -0.25) is 4.68 Å². The zero-order valence-corrected chi connectivity index (χ0v) is 16.4. The lowest BCUT2D eigenvalue weighted by Gasteiger charge is -2.18. The number of hydrogen-bond acceptors (Lipinski definition) is 8. The summed E-state index contributed by atoms with van der Waals surface area (Å²) >= 11 is 0. The highest BCUT2D eigenvalue weighted by Gasteiger charge is 2.40. The Labute approximate surface area is 173 Å². The Morgan fingerprint density at radius 1 is 1.33 bits per heavy atom. The fraction of sp³-hybridized carbons (Fsp3) is 0.200. The predicted molar refractivity (Wildman–Crippen MR) is 112 cm³/mol. The molecule has 0 amide bonds. The van der Waals surface area contributed by atoms with E-state index in [9.17, 15) is 14.9 Å². The summed E-state index contributed by atoms with van der Waals surface area (Å²) in [5, 5.41) is 17.0. The molecule has 0 saturated carbocycles. The number of anilines is 3. The smallest absolute Gasteiger partial charge is 0.329 e. The van der Waals surface area contributed by atoms with E-state index in [0.29, 0.717) is 52.6 Å². The maximum absolute atomic E-state index is 11.9. The number of nitriles is 1. The number of carbonyl (C=O) groups is 2. The fourth-order valence-electron chi connectivity index (χ4n) is 3.61. The SMILES string of the molecule is Cn1ccc(Nc2nccc(-c3cc(C#N)c4c(c3)[C@](C)(C=O)CN4[B]C=O)n2)n1. The van der Waals surface area contributed by atoms with E-state index in [4.69, 9.17) is 0 Å². The van der Waals surface area contributed by atoms with Gasteiger partial charge < -0.3 is 19.7 Å². The number of aromatic nitrogens is 4. The van der Waals surface area contributed by atoms with Gasteiger partial charge in [0.1, 0.15) is 18.5 Å². The van der Waals surface area contributed by atoms with Gasteiger partial charge in [0, 0.05) is 43.3 Å². The van der Waals surface area contributed by atoms with E-state index in [-0.39, 0.29) is 0 Å². The molecule has 10 heteroatoms. The zero-order valence-electron chi connectivity index (χ0n) is 16.4. The highest BCUT2D eigenvalue weighted by atomic mass is 16.1. The van der Waals surface area contributed by atoms with Crippen molar-refractivity contribution in [3.8, 4) is 17.3 Å². The summed E-state index contributed by atoms with van der Waals surface area (Å²) in [7, 11) is 3.15. The molecule has 0 fully saturated rings. The molecule has 0 aliphatic carbocycles. The Bertz CT molecular complexity index is 1190. The van der Waals surface area contributed by atoms with Crippen molar-refractivity contribution >= 4 is 37.3 Å². The Hall–Kier alpha value is -4.00. The largest absolute Gasteiger partial charge is 0.410 e. The topological polar surface area (TPSA) is 117 Å². The Morgan fingerprint density at radius 2 is 2.17 bits per heavy atom. The molecule has 0 unspecified atom stereocenters. The molecule has 1 aliphatic rings. The second-order valence-electron chi connectivity index (χ2n) is 7.25. The van der Waals surface area contributed by atoms with Crippen LogP contribution in [0.4, 0.5) is 17.5 Å². The molecule has 0 spiro atoms. The summed E-state index contributed by atoms with van der Waals surface area (Å²) in [5.74, 6) is 0.967. The number of nitrogens with one attached hydrogen (secondary N) is 1. The lowest BCUT2D eigenvalue weighted by Crippen LogP contribution is -2.35. The van der Waals surface area contributed by atoms with Crippen LogP contribution in [0.3, 0.4) is 0 Å². The van der Waals surface area contributed by atoms with Gasteiger partial charge in [0.2, 0.25) is 5.95 Å². The van der Waals surface area contributed by atoms with Crippen LogP contribution in [0, 0.1) is 11.3 Å². The summed E-state index contributed by atoms with van der Waals surface area (Å²) in [6.07, 6.45) is 4.91. The standard InChI is InChI=1S/C20H17BN7O2/c1-20(11-29)10-28(21-12-30)18-14(9-22)7-13(8-15(18)20)16-3-5-23-19(24-16)25-17-4-6-27(2)26-17/h3-8,11-12H,10H2,1-2H3,(H,23,24,25,26)/t20-/m0/s1. The fourth-order valence-corrected chi connectivity index (χ4v) is 3.61. The van der Waals surface area contributed by atoms with E-state index in [2.05, 4.69) is 26.5 Å². The van der Waals surface area contributed by atoms with Crippen molar-refractivity contribution in [3.63, 3.8) is 0 Å². The molecule has 0 bridgehead atoms. The van der Waals surface area contributed by atoms with Gasteiger partial charge in [-0.15, -0.1) is 0 Å². The first kappa shape index (κ1) is 19.3. The number of rotatable bonds is 6. The van der Waals surface area contributed by atoms with Crippen LogP contribution in [0.1, 0.15) is 18.1 Å². The minimum Gasteiger partial charge on any atom is -0.410 e. The average Bonchev–Trinajstić information content (AvgIpc) is 3.29. The minimum atomic E-state index is -0.849. The summed E-state index contributed by atoms with van der Waals surface area (Å²) < 4.78 is 1.66. The third kappa shape index (κ3) is 3.30. The van der Waals surface area contributed by atoms with Crippen LogP contribution in [-0.2, 0) is 22.1 Å². The molecule has 1 aliphatic heterocycles. The van der Waals surface area contributed by atoms with Crippen LogP contribution >= 0.6 is 0 Å². The van der Waals surface area contributed by atoms with Gasteiger partial charge in [-0.05, 0) is 30.7 Å². The van der Waals surface area contributed by atoms with Crippen LogP contribution in [-0.4, -0.2) is 46.2 Å². The maximum atomic E-state index is 11.9. The molecule has 0 saturated heterocycles. The lowest BCUT2D eigenvalue weighted by atomic mass is 9.84. The Kier molecular flexibility index (Phi) is 4.79. The van der Waals surface area contributed by atoms with Gasteiger partial charge >= 0.3 is 7.41 Å². The first-order chi connectivity index (χ1) is 14.5. The number of aryl methyl sites for hydroxylation is 1. The number of fused-ring (bicyclic) bond motifs is 1. The molecule has 1 N–H and O–H groups in total.